The molecule has 2 aromatic carbocycles. The number of nitrogens with zero attached hydrogens (tertiary/aromatic N) is 4. The summed E-state index contributed by atoms with van der Waals surface area (Å²) in [6, 6.07) is 15.0. The Bertz CT molecular complexity index is 1190. The number of phenolic OH excluding ortho intramolecular Hbond substituents is 1. The van der Waals surface area contributed by atoms with Gasteiger partial charge in [0.15, 0.2) is 0 Å². The molecule has 2 aliphatic rings. The molecule has 9 heteroatoms. The summed E-state index contributed by atoms with van der Waals surface area (Å²) < 4.78 is 0. The second kappa shape index (κ2) is 9.13. The predicted octanol–water partition coefficient (Wildman–Crippen LogP) is 3.76. The first-order valence-corrected chi connectivity index (χ1v) is 11.5. The van der Waals surface area contributed by atoms with E-state index in [0.29, 0.717) is 21.6 Å². The maximum Gasteiger partial charge on any atom is 0.262 e. The average Bonchev–Trinajstić information content (AvgIpc) is 2.82. The minimum atomic E-state index is -0.204. The van der Waals surface area contributed by atoms with E-state index < -0.39 is 0 Å². The summed E-state index contributed by atoms with van der Waals surface area (Å²) in [5.41, 5.74) is 3.52. The van der Waals surface area contributed by atoms with Gasteiger partial charge in [0, 0.05) is 37.6 Å². The van der Waals surface area contributed by atoms with Crippen molar-refractivity contribution in [3.63, 3.8) is 0 Å². The molecule has 5 rings (SSSR count). The normalized spacial score (nSPS) is 17.5. The van der Waals surface area contributed by atoms with Crippen LogP contribution in [-0.2, 0) is 4.79 Å². The zero-order chi connectivity index (χ0) is 22.8. The first kappa shape index (κ1) is 21.3. The predicted molar refractivity (Wildman–Crippen MR) is 132 cm³/mol. The lowest BCUT2D eigenvalue weighted by atomic mass is 10.2. The van der Waals surface area contributed by atoms with E-state index in [1.54, 1.807) is 36.5 Å². The number of hydrogen-bond donors (Lipinski definition) is 3. The number of amides is 1. The molecule has 3 heterocycles. The summed E-state index contributed by atoms with van der Waals surface area (Å²) in [5, 5.41) is 16.2. The average molecular weight is 461 g/mol. The molecule has 0 radical (unpaired) electrons. The molecule has 0 atom stereocenters. The van der Waals surface area contributed by atoms with Crippen molar-refractivity contribution in [2.45, 2.75) is 5.03 Å². The number of phenols is 1. The number of carbonyl (C=O) groups is 1. The van der Waals surface area contributed by atoms with Crippen LogP contribution in [0.15, 0.2) is 64.7 Å². The smallest absolute Gasteiger partial charge is 0.262 e. The summed E-state index contributed by atoms with van der Waals surface area (Å²) >= 11 is 1.30. The van der Waals surface area contributed by atoms with Gasteiger partial charge in [-0.3, -0.25) is 4.79 Å². The number of nitrogens with one attached hydrogen (secondary N) is 2. The van der Waals surface area contributed by atoms with Crippen molar-refractivity contribution in [3.05, 3.63) is 65.2 Å². The third kappa shape index (κ3) is 4.94. The van der Waals surface area contributed by atoms with Crippen molar-refractivity contribution in [2.75, 3.05) is 48.8 Å². The first-order valence-electron chi connectivity index (χ1n) is 10.7. The summed E-state index contributed by atoms with van der Waals surface area (Å²) in [4.78, 5) is 26.7. The van der Waals surface area contributed by atoms with Crippen LogP contribution in [0.3, 0.4) is 0 Å². The van der Waals surface area contributed by atoms with E-state index in [1.807, 2.05) is 12.1 Å². The quantitative estimate of drug-likeness (QED) is 0.400. The highest BCUT2D eigenvalue weighted by atomic mass is 32.2. The zero-order valence-electron chi connectivity index (χ0n) is 18.2. The number of carbonyl (C=O) groups excluding carboxylic acids is 1. The Morgan fingerprint density at radius 1 is 1.06 bits per heavy atom. The van der Waals surface area contributed by atoms with E-state index in [-0.39, 0.29) is 11.7 Å². The van der Waals surface area contributed by atoms with Gasteiger partial charge in [-0.1, -0.05) is 23.9 Å². The Hall–Kier alpha value is -3.56. The van der Waals surface area contributed by atoms with E-state index in [4.69, 9.17) is 0 Å². The topological polar surface area (TPSA) is 93.6 Å². The van der Waals surface area contributed by atoms with Crippen LogP contribution in [-0.4, -0.2) is 59.1 Å². The second-order valence-electron chi connectivity index (χ2n) is 8.03. The molecular formula is C24H24N6O2S. The minimum Gasteiger partial charge on any atom is -0.508 e. The standard InChI is InChI=1S/C24H24N6O2S/c1-29-10-12-30(13-11-29)18-6-4-17(5-7-18)26-24-25-15-20-23(28-24)33-21(22(32)27-20)14-16-2-8-19(31)9-3-16/h2-9,14-15,31H,10-13H2,1H3,(H,27,32)(H,25,26,28)/b21-14+. The number of likely N-dealkylation sites (N-methyl/N-ethyl adjacent to an activating group) is 1. The monoisotopic (exact) mass is 460 g/mol. The van der Waals surface area contributed by atoms with Crippen LogP contribution in [0, 0.1) is 0 Å². The van der Waals surface area contributed by atoms with Crippen molar-refractivity contribution < 1.29 is 9.90 Å². The highest BCUT2D eigenvalue weighted by Gasteiger charge is 2.23. The van der Waals surface area contributed by atoms with Crippen molar-refractivity contribution >= 4 is 46.8 Å². The molecule has 8 nitrogen and oxygen atoms in total. The molecule has 3 aromatic rings. The van der Waals surface area contributed by atoms with Gasteiger partial charge in [-0.05, 0) is 55.1 Å². The highest BCUT2D eigenvalue weighted by molar-refractivity contribution is 8.04. The van der Waals surface area contributed by atoms with Gasteiger partial charge >= 0.3 is 0 Å². The summed E-state index contributed by atoms with van der Waals surface area (Å²) in [6.45, 7) is 4.20. The molecule has 0 aliphatic carbocycles. The van der Waals surface area contributed by atoms with Crippen LogP contribution >= 0.6 is 11.8 Å². The van der Waals surface area contributed by atoms with E-state index in [0.717, 1.165) is 37.4 Å². The maximum atomic E-state index is 12.5. The Kier molecular flexibility index (Phi) is 5.89. The van der Waals surface area contributed by atoms with Crippen LogP contribution in [0.25, 0.3) is 6.08 Å². The lowest BCUT2D eigenvalue weighted by Gasteiger charge is -2.34. The van der Waals surface area contributed by atoms with Crippen LogP contribution in [0.5, 0.6) is 5.75 Å². The van der Waals surface area contributed by atoms with Crippen LogP contribution in [0.1, 0.15) is 5.56 Å². The summed E-state index contributed by atoms with van der Waals surface area (Å²) in [6.07, 6.45) is 3.39. The number of aromatic nitrogens is 2. The number of hydrogen-bond acceptors (Lipinski definition) is 8. The number of fused-ring (bicyclic) bond motifs is 1. The molecule has 1 fully saturated rings. The van der Waals surface area contributed by atoms with Crippen molar-refractivity contribution in [3.8, 4) is 5.75 Å². The van der Waals surface area contributed by atoms with Gasteiger partial charge in [-0.15, -0.1) is 0 Å². The third-order valence-corrected chi connectivity index (χ3v) is 6.64. The summed E-state index contributed by atoms with van der Waals surface area (Å²) in [7, 11) is 2.15. The van der Waals surface area contributed by atoms with Crippen molar-refractivity contribution in [1.82, 2.24) is 14.9 Å². The zero-order valence-corrected chi connectivity index (χ0v) is 19.0. The van der Waals surface area contributed by atoms with Crippen molar-refractivity contribution in [2.24, 2.45) is 0 Å². The minimum absolute atomic E-state index is 0.184. The molecule has 1 aromatic heterocycles. The number of aromatic hydroxyl groups is 1. The molecule has 33 heavy (non-hydrogen) atoms. The maximum absolute atomic E-state index is 12.5. The molecule has 0 unspecified atom stereocenters. The molecule has 0 saturated carbocycles. The number of piperazine rings is 1. The molecule has 0 bridgehead atoms. The molecule has 1 amide bonds. The van der Waals surface area contributed by atoms with Crippen LogP contribution in [0.4, 0.5) is 23.0 Å². The number of benzene rings is 2. The number of rotatable bonds is 4. The van der Waals surface area contributed by atoms with Gasteiger partial charge in [0.2, 0.25) is 5.95 Å². The Morgan fingerprint density at radius 2 is 1.79 bits per heavy atom. The largest absolute Gasteiger partial charge is 0.508 e. The molecular weight excluding hydrogens is 436 g/mol. The lowest BCUT2D eigenvalue weighted by molar-refractivity contribution is -0.112. The Labute approximate surface area is 196 Å². The van der Waals surface area contributed by atoms with Gasteiger partial charge < -0.3 is 25.5 Å². The van der Waals surface area contributed by atoms with Gasteiger partial charge in [-0.2, -0.15) is 0 Å². The van der Waals surface area contributed by atoms with Crippen molar-refractivity contribution in [1.29, 1.82) is 0 Å². The fourth-order valence-corrected chi connectivity index (χ4v) is 4.58. The third-order valence-electron chi connectivity index (χ3n) is 5.62. The second-order valence-corrected chi connectivity index (χ2v) is 9.06. The molecule has 1 saturated heterocycles. The molecule has 0 spiro atoms. The fraction of sp³-hybridized carbons (Fsp3) is 0.208. The van der Waals surface area contributed by atoms with Gasteiger partial charge in [-0.25, -0.2) is 9.97 Å². The molecule has 168 valence electrons. The fourth-order valence-electron chi connectivity index (χ4n) is 3.69. The summed E-state index contributed by atoms with van der Waals surface area (Å²) in [5.74, 6) is 0.446. The van der Waals surface area contributed by atoms with Gasteiger partial charge in [0.1, 0.15) is 10.8 Å². The number of anilines is 4. The highest BCUT2D eigenvalue weighted by Crippen LogP contribution is 2.38. The van der Waals surface area contributed by atoms with Gasteiger partial charge in [0.05, 0.1) is 16.8 Å². The van der Waals surface area contributed by atoms with E-state index >= 15 is 0 Å². The Balaban J connectivity index is 1.30. The van der Waals surface area contributed by atoms with E-state index in [9.17, 15) is 9.90 Å². The van der Waals surface area contributed by atoms with Gasteiger partial charge in [0.25, 0.3) is 5.91 Å². The number of thioether (sulfide) groups is 1. The molecule has 2 aliphatic heterocycles. The lowest BCUT2D eigenvalue weighted by Crippen LogP contribution is -2.44. The SMILES string of the molecule is CN1CCN(c2ccc(Nc3ncc4c(n3)S/C(=C/c3ccc(O)cc3)C(=O)N4)cc2)CC1. The molecule has 3 N–H and O–H groups in total. The Morgan fingerprint density at radius 3 is 2.52 bits per heavy atom. The van der Waals surface area contributed by atoms with Crippen LogP contribution < -0.4 is 15.5 Å². The van der Waals surface area contributed by atoms with E-state index in [2.05, 4.69) is 49.6 Å². The van der Waals surface area contributed by atoms with E-state index in [1.165, 1.54) is 17.4 Å². The first-order chi connectivity index (χ1) is 16.0. The van der Waals surface area contributed by atoms with Crippen LogP contribution in [0.2, 0.25) is 0 Å².